The van der Waals surface area contributed by atoms with Crippen molar-refractivity contribution in [2.75, 3.05) is 19.0 Å². The second-order valence-electron chi connectivity index (χ2n) is 11.4. The number of halogens is 1. The molecule has 0 amide bonds. The summed E-state index contributed by atoms with van der Waals surface area (Å²) >= 11 is 6.69. The molecule has 196 valence electrons. The molecule has 0 bridgehead atoms. The first-order valence-electron chi connectivity index (χ1n) is 13.1. The molecule has 0 aliphatic heterocycles. The minimum Gasteiger partial charge on any atom is -0.497 e. The lowest BCUT2D eigenvalue weighted by Crippen LogP contribution is -2.41. The summed E-state index contributed by atoms with van der Waals surface area (Å²) in [6.45, 7) is 16.5. The summed E-state index contributed by atoms with van der Waals surface area (Å²) in [5, 5.41) is 9.68. The van der Waals surface area contributed by atoms with Crippen LogP contribution in [0.5, 0.6) is 5.75 Å². The number of aromatic nitrogens is 3. The molecule has 0 saturated heterocycles. The van der Waals surface area contributed by atoms with Crippen molar-refractivity contribution in [2.45, 2.75) is 90.9 Å². The number of fused-ring (bicyclic) bond motifs is 2. The van der Waals surface area contributed by atoms with Gasteiger partial charge in [0.15, 0.2) is 14.0 Å². The molecule has 1 unspecified atom stereocenters. The summed E-state index contributed by atoms with van der Waals surface area (Å²) < 4.78 is 13.9. The normalized spacial score (nSPS) is 14.8. The number of hydrogen-bond donors (Lipinski definition) is 1. The number of benzene rings is 1. The summed E-state index contributed by atoms with van der Waals surface area (Å²) in [4.78, 5) is 5.10. The third-order valence-corrected chi connectivity index (χ3v) is 12.8. The Morgan fingerprint density at radius 1 is 1.22 bits per heavy atom. The van der Waals surface area contributed by atoms with Gasteiger partial charge in [0.05, 0.1) is 23.4 Å². The predicted octanol–water partition coefficient (Wildman–Crippen LogP) is 7.46. The average Bonchev–Trinajstić information content (AvgIpc) is 3.41. The van der Waals surface area contributed by atoms with Crippen LogP contribution < -0.4 is 10.1 Å². The standard InChI is InChI=1S/C28H41ClN4O2Si/c1-9-19(15-16-35-36(7,8)28(3,4)5)30-26-22-11-10-12-24(22)31-27-25(18(2)32-33(26)27)21-14-13-20(34-6)17-23(21)29/h13-14,17,19,30H,9-12,15-16H2,1-8H3. The molecule has 6 nitrogen and oxygen atoms in total. The molecular formula is C28H41ClN4O2Si. The second-order valence-corrected chi connectivity index (χ2v) is 16.6. The fourth-order valence-corrected chi connectivity index (χ4v) is 6.00. The van der Waals surface area contributed by atoms with Crippen LogP contribution in [-0.2, 0) is 17.3 Å². The molecule has 1 aliphatic rings. The van der Waals surface area contributed by atoms with Crippen LogP contribution in [-0.4, -0.2) is 42.7 Å². The number of ether oxygens (including phenoxy) is 1. The van der Waals surface area contributed by atoms with Crippen molar-refractivity contribution in [3.63, 3.8) is 0 Å². The maximum absolute atomic E-state index is 6.69. The molecule has 2 heterocycles. The summed E-state index contributed by atoms with van der Waals surface area (Å²) in [6.07, 6.45) is 5.10. The Kier molecular flexibility index (Phi) is 7.75. The van der Waals surface area contributed by atoms with E-state index in [0.29, 0.717) is 11.1 Å². The van der Waals surface area contributed by atoms with Crippen LogP contribution in [0.4, 0.5) is 5.82 Å². The van der Waals surface area contributed by atoms with Gasteiger partial charge in [-0.05, 0) is 75.4 Å². The zero-order chi connectivity index (χ0) is 26.3. The molecule has 1 aromatic carbocycles. The van der Waals surface area contributed by atoms with Gasteiger partial charge in [0, 0.05) is 29.5 Å². The van der Waals surface area contributed by atoms with Crippen molar-refractivity contribution in [2.24, 2.45) is 0 Å². The average molecular weight is 529 g/mol. The third kappa shape index (κ3) is 5.15. The molecule has 2 aromatic heterocycles. The molecular weight excluding hydrogens is 488 g/mol. The summed E-state index contributed by atoms with van der Waals surface area (Å²) in [6, 6.07) is 6.08. The Balaban J connectivity index is 1.68. The molecule has 0 spiro atoms. The van der Waals surface area contributed by atoms with Gasteiger partial charge >= 0.3 is 0 Å². The topological polar surface area (TPSA) is 60.7 Å². The highest BCUT2D eigenvalue weighted by Crippen LogP contribution is 2.39. The quantitative estimate of drug-likeness (QED) is 0.292. The molecule has 36 heavy (non-hydrogen) atoms. The van der Waals surface area contributed by atoms with Crippen molar-refractivity contribution < 1.29 is 9.16 Å². The van der Waals surface area contributed by atoms with E-state index >= 15 is 0 Å². The Bertz CT molecular complexity index is 1250. The van der Waals surface area contributed by atoms with Crippen molar-refractivity contribution in [1.29, 1.82) is 0 Å². The Morgan fingerprint density at radius 3 is 2.61 bits per heavy atom. The number of hydrogen-bond acceptors (Lipinski definition) is 5. The van der Waals surface area contributed by atoms with E-state index in [9.17, 15) is 0 Å². The number of nitrogens with zero attached hydrogens (tertiary/aromatic N) is 3. The first-order chi connectivity index (χ1) is 17.0. The fourth-order valence-electron chi connectivity index (χ4n) is 4.67. The first-order valence-corrected chi connectivity index (χ1v) is 16.4. The second kappa shape index (κ2) is 10.3. The molecule has 1 aliphatic carbocycles. The van der Waals surface area contributed by atoms with Crippen LogP contribution in [0, 0.1) is 6.92 Å². The first kappa shape index (κ1) is 27.0. The lowest BCUT2D eigenvalue weighted by molar-refractivity contribution is 0.273. The summed E-state index contributed by atoms with van der Waals surface area (Å²) in [7, 11) is -0.119. The van der Waals surface area contributed by atoms with E-state index in [1.807, 2.05) is 29.6 Å². The van der Waals surface area contributed by atoms with Gasteiger partial charge in [0.1, 0.15) is 11.6 Å². The summed E-state index contributed by atoms with van der Waals surface area (Å²) in [5.74, 6) is 1.81. The Labute approximate surface area is 221 Å². The minimum atomic E-state index is -1.77. The summed E-state index contributed by atoms with van der Waals surface area (Å²) in [5.41, 5.74) is 6.14. The lowest BCUT2D eigenvalue weighted by atomic mass is 10.1. The van der Waals surface area contributed by atoms with Gasteiger partial charge in [0.2, 0.25) is 0 Å². The maximum Gasteiger partial charge on any atom is 0.191 e. The zero-order valence-corrected chi connectivity index (χ0v) is 24.8. The highest BCUT2D eigenvalue weighted by Gasteiger charge is 2.37. The number of anilines is 1. The highest BCUT2D eigenvalue weighted by molar-refractivity contribution is 6.74. The number of methoxy groups -OCH3 is 1. The molecule has 0 saturated carbocycles. The van der Waals surface area contributed by atoms with Gasteiger partial charge in [-0.1, -0.05) is 39.3 Å². The maximum atomic E-state index is 6.69. The molecule has 8 heteroatoms. The molecule has 4 rings (SSSR count). The van der Waals surface area contributed by atoms with E-state index in [-0.39, 0.29) is 5.04 Å². The molecule has 1 atom stereocenters. The van der Waals surface area contributed by atoms with E-state index in [1.54, 1.807) is 7.11 Å². The predicted molar refractivity (Wildman–Crippen MR) is 152 cm³/mol. The van der Waals surface area contributed by atoms with Gasteiger partial charge in [-0.3, -0.25) is 0 Å². The number of aryl methyl sites for hydroxylation is 2. The van der Waals surface area contributed by atoms with Gasteiger partial charge in [-0.25, -0.2) is 4.98 Å². The largest absolute Gasteiger partial charge is 0.497 e. The molecule has 0 fully saturated rings. The van der Waals surface area contributed by atoms with Crippen LogP contribution in [0.25, 0.3) is 16.8 Å². The van der Waals surface area contributed by atoms with Crippen molar-refractivity contribution in [3.8, 4) is 16.9 Å². The van der Waals surface area contributed by atoms with Crippen LogP contribution >= 0.6 is 11.6 Å². The van der Waals surface area contributed by atoms with Gasteiger partial charge in [-0.15, -0.1) is 0 Å². The SMILES string of the molecule is CCC(CCO[Si](C)(C)C(C)(C)C)Nc1c2c(nc3c(-c4ccc(OC)cc4Cl)c(C)nn13)CCC2. The Morgan fingerprint density at radius 2 is 1.97 bits per heavy atom. The van der Waals surface area contributed by atoms with E-state index in [1.165, 1.54) is 11.3 Å². The third-order valence-electron chi connectivity index (χ3n) is 7.98. The molecule has 1 N–H and O–H groups in total. The van der Waals surface area contributed by atoms with E-state index in [2.05, 4.69) is 46.1 Å². The van der Waals surface area contributed by atoms with Crippen LogP contribution in [0.1, 0.15) is 63.9 Å². The molecule has 3 aromatic rings. The highest BCUT2D eigenvalue weighted by atomic mass is 35.5. The Hall–Kier alpha value is -2.09. The number of rotatable bonds is 9. The van der Waals surface area contributed by atoms with Crippen molar-refractivity contribution >= 4 is 31.4 Å². The van der Waals surface area contributed by atoms with Crippen molar-refractivity contribution in [1.82, 2.24) is 14.6 Å². The smallest absolute Gasteiger partial charge is 0.191 e. The van der Waals surface area contributed by atoms with Crippen molar-refractivity contribution in [3.05, 3.63) is 40.2 Å². The number of nitrogens with one attached hydrogen (secondary N) is 1. The van der Waals surface area contributed by atoms with Gasteiger partial charge in [-0.2, -0.15) is 9.61 Å². The van der Waals surface area contributed by atoms with Gasteiger partial charge < -0.3 is 14.5 Å². The van der Waals surface area contributed by atoms with Crippen LogP contribution in [0.2, 0.25) is 23.2 Å². The minimum absolute atomic E-state index is 0.214. The monoisotopic (exact) mass is 528 g/mol. The lowest BCUT2D eigenvalue weighted by Gasteiger charge is -2.36. The molecule has 0 radical (unpaired) electrons. The van der Waals surface area contributed by atoms with Crippen LogP contribution in [0.3, 0.4) is 0 Å². The van der Waals surface area contributed by atoms with E-state index < -0.39 is 8.32 Å². The van der Waals surface area contributed by atoms with Gasteiger partial charge in [0.25, 0.3) is 0 Å². The zero-order valence-electron chi connectivity index (χ0n) is 23.1. The van der Waals surface area contributed by atoms with E-state index in [0.717, 1.165) is 72.7 Å². The fraction of sp³-hybridized carbons (Fsp3) is 0.571. The van der Waals surface area contributed by atoms with Crippen LogP contribution in [0.15, 0.2) is 18.2 Å². The van der Waals surface area contributed by atoms with E-state index in [4.69, 9.17) is 30.8 Å².